The number of aromatic nitrogens is 4. The van der Waals surface area contributed by atoms with Crippen molar-refractivity contribution in [2.75, 3.05) is 0 Å². The summed E-state index contributed by atoms with van der Waals surface area (Å²) in [6.07, 6.45) is 3.88. The molecule has 4 aromatic heterocycles. The third-order valence-corrected chi connectivity index (χ3v) is 18.2. The average Bonchev–Trinajstić information content (AvgIpc) is 4.01. The lowest BCUT2D eigenvalue weighted by molar-refractivity contribution is 1.15. The van der Waals surface area contributed by atoms with E-state index < -0.39 is 8.07 Å². The number of para-hydroxylation sites is 3. The molecule has 0 saturated carbocycles. The van der Waals surface area contributed by atoms with Gasteiger partial charge in [-0.15, -0.1) is 0 Å². The van der Waals surface area contributed by atoms with Crippen LogP contribution < -0.4 is 20.7 Å². The van der Waals surface area contributed by atoms with Crippen molar-refractivity contribution in [2.45, 2.75) is 0 Å². The molecule has 0 aliphatic heterocycles. The predicted octanol–water partition coefficient (Wildman–Crippen LogP) is 11.8. The molecule has 5 heteroatoms. The van der Waals surface area contributed by atoms with Crippen LogP contribution in [0.15, 0.2) is 243 Å². The minimum atomic E-state index is -2.75. The zero-order valence-corrected chi connectivity index (χ0v) is 35.9. The van der Waals surface area contributed by atoms with Gasteiger partial charge in [0, 0.05) is 55.6 Å². The lowest BCUT2D eigenvalue weighted by Gasteiger charge is -2.34. The van der Waals surface area contributed by atoms with Crippen molar-refractivity contribution in [1.82, 2.24) is 18.7 Å². The third-order valence-electron chi connectivity index (χ3n) is 13.5. The Balaban J connectivity index is 1.03. The highest BCUT2D eigenvalue weighted by Gasteiger charge is 2.41. The van der Waals surface area contributed by atoms with E-state index in [-0.39, 0.29) is 0 Å². The quantitative estimate of drug-likeness (QED) is 0.116. The van der Waals surface area contributed by atoms with Crippen LogP contribution >= 0.6 is 0 Å². The molecule has 13 rings (SSSR count). The summed E-state index contributed by atoms with van der Waals surface area (Å²) >= 11 is 0. The second-order valence-electron chi connectivity index (χ2n) is 16.8. The number of hydrogen-bond acceptors (Lipinski definition) is 1. The molecule has 0 aliphatic carbocycles. The smallest absolute Gasteiger partial charge is 0.179 e. The van der Waals surface area contributed by atoms with E-state index in [9.17, 15) is 0 Å². The fraction of sp³-hybridized carbons (Fsp3) is 0. The van der Waals surface area contributed by atoms with Crippen LogP contribution in [0.3, 0.4) is 0 Å². The Morgan fingerprint density at radius 3 is 1.30 bits per heavy atom. The summed E-state index contributed by atoms with van der Waals surface area (Å²) in [5.74, 6) is 0. The van der Waals surface area contributed by atoms with Gasteiger partial charge >= 0.3 is 0 Å². The van der Waals surface area contributed by atoms with Crippen LogP contribution in [-0.2, 0) is 0 Å². The van der Waals surface area contributed by atoms with E-state index in [0.717, 1.165) is 28.1 Å². The summed E-state index contributed by atoms with van der Waals surface area (Å²) in [6, 6.07) is 85.3. The molecule has 64 heavy (non-hydrogen) atoms. The molecule has 0 aliphatic rings. The van der Waals surface area contributed by atoms with Gasteiger partial charge in [0.05, 0.1) is 39.3 Å². The molecule has 0 N–H and O–H groups in total. The largest absolute Gasteiger partial charge is 0.309 e. The van der Waals surface area contributed by atoms with Gasteiger partial charge in [0.15, 0.2) is 8.07 Å². The summed E-state index contributed by atoms with van der Waals surface area (Å²) in [5.41, 5.74) is 10.3. The van der Waals surface area contributed by atoms with Crippen LogP contribution in [0.5, 0.6) is 0 Å². The first-order chi connectivity index (χ1) is 31.8. The molecule has 0 saturated heterocycles. The van der Waals surface area contributed by atoms with E-state index in [1.807, 2.05) is 12.4 Å². The minimum Gasteiger partial charge on any atom is -0.309 e. The van der Waals surface area contributed by atoms with Crippen molar-refractivity contribution in [2.24, 2.45) is 0 Å². The Morgan fingerprint density at radius 2 is 0.688 bits per heavy atom. The van der Waals surface area contributed by atoms with Crippen molar-refractivity contribution in [1.29, 1.82) is 0 Å². The van der Waals surface area contributed by atoms with E-state index in [4.69, 9.17) is 0 Å². The Kier molecular flexibility index (Phi) is 8.20. The van der Waals surface area contributed by atoms with Gasteiger partial charge in [-0.05, 0) is 87.5 Å². The highest BCUT2D eigenvalue weighted by atomic mass is 28.3. The standard InChI is InChI=1S/C59H40N4Si/c1-4-18-44(19-5-1)64(45-20-6-2-7-21-45,46-22-8-3-9-23-46)47-24-16-17-41(37-47)61-56-30-15-12-27-50(56)53-38-42(32-34-57(53)61)62-54-28-13-10-25-48(54)51-33-31-43(39-58(51)62)63-55-29-14-11-26-49(55)52-35-36-60-40-59(52)63/h1-40H. The number of nitrogens with zero attached hydrogens (tertiary/aromatic N) is 4. The topological polar surface area (TPSA) is 27.7 Å². The maximum absolute atomic E-state index is 4.57. The Morgan fingerprint density at radius 1 is 0.266 bits per heavy atom. The van der Waals surface area contributed by atoms with Crippen molar-refractivity contribution < 1.29 is 0 Å². The summed E-state index contributed by atoms with van der Waals surface area (Å²) in [4.78, 5) is 4.57. The maximum atomic E-state index is 4.57. The molecule has 0 atom stereocenters. The second-order valence-corrected chi connectivity index (χ2v) is 20.6. The molecule has 13 aromatic rings. The van der Waals surface area contributed by atoms with Gasteiger partial charge in [0.1, 0.15) is 0 Å². The maximum Gasteiger partial charge on any atom is 0.179 e. The van der Waals surface area contributed by atoms with E-state index in [2.05, 4.69) is 249 Å². The van der Waals surface area contributed by atoms with Crippen LogP contribution in [0.2, 0.25) is 0 Å². The lowest BCUT2D eigenvalue weighted by atomic mass is 10.1. The molecular formula is C59H40N4Si. The number of benzene rings is 9. The number of hydrogen-bond donors (Lipinski definition) is 0. The summed E-state index contributed by atoms with van der Waals surface area (Å²) in [7, 11) is -2.75. The molecule has 9 aromatic carbocycles. The molecule has 0 spiro atoms. The first kappa shape index (κ1) is 36.4. The SMILES string of the molecule is c1ccc([Si](c2ccccc2)(c2ccccc2)c2cccc(-n3c4ccccc4c4cc(-n5c6ccccc6c6ccc(-n7c8ccccc8c8ccncc87)cc65)ccc43)c2)cc1. The molecular weight excluding hydrogens is 793 g/mol. The summed E-state index contributed by atoms with van der Waals surface area (Å²) in [5, 5.41) is 12.7. The number of rotatable bonds is 7. The van der Waals surface area contributed by atoms with Crippen LogP contribution in [0, 0.1) is 0 Å². The Hall–Kier alpha value is -8.25. The van der Waals surface area contributed by atoms with Crippen LogP contribution in [0.4, 0.5) is 0 Å². The van der Waals surface area contributed by atoms with E-state index in [1.165, 1.54) is 75.1 Å². The Bertz CT molecular complexity index is 3750. The van der Waals surface area contributed by atoms with E-state index in [0.29, 0.717) is 0 Å². The van der Waals surface area contributed by atoms with Gasteiger partial charge in [-0.25, -0.2) is 0 Å². The highest BCUT2D eigenvalue weighted by Crippen LogP contribution is 2.39. The first-order valence-electron chi connectivity index (χ1n) is 22.0. The fourth-order valence-corrected chi connectivity index (χ4v) is 15.6. The number of fused-ring (bicyclic) bond motifs is 9. The van der Waals surface area contributed by atoms with Gasteiger partial charge < -0.3 is 13.7 Å². The molecule has 4 nitrogen and oxygen atoms in total. The third kappa shape index (κ3) is 5.31. The van der Waals surface area contributed by atoms with Gasteiger partial charge in [-0.2, -0.15) is 0 Å². The first-order valence-corrected chi connectivity index (χ1v) is 24.0. The molecule has 0 radical (unpaired) electrons. The molecule has 300 valence electrons. The van der Waals surface area contributed by atoms with Gasteiger partial charge in [0.2, 0.25) is 0 Å². The van der Waals surface area contributed by atoms with E-state index >= 15 is 0 Å². The molecule has 0 fully saturated rings. The van der Waals surface area contributed by atoms with Gasteiger partial charge in [0.25, 0.3) is 0 Å². The zero-order chi connectivity index (χ0) is 42.2. The fourth-order valence-electron chi connectivity index (χ4n) is 10.8. The zero-order valence-electron chi connectivity index (χ0n) is 34.9. The van der Waals surface area contributed by atoms with E-state index in [1.54, 1.807) is 0 Å². The van der Waals surface area contributed by atoms with Crippen LogP contribution in [-0.4, -0.2) is 26.8 Å². The van der Waals surface area contributed by atoms with Crippen molar-refractivity contribution >= 4 is 94.2 Å². The Labute approximate surface area is 371 Å². The molecule has 0 unspecified atom stereocenters. The lowest BCUT2D eigenvalue weighted by Crippen LogP contribution is -2.74. The van der Waals surface area contributed by atoms with Crippen molar-refractivity contribution in [3.05, 3.63) is 243 Å². The highest BCUT2D eigenvalue weighted by molar-refractivity contribution is 7.19. The van der Waals surface area contributed by atoms with Crippen molar-refractivity contribution in [3.63, 3.8) is 0 Å². The van der Waals surface area contributed by atoms with Gasteiger partial charge in [-0.1, -0.05) is 164 Å². The monoisotopic (exact) mass is 832 g/mol. The van der Waals surface area contributed by atoms with Crippen LogP contribution in [0.1, 0.15) is 0 Å². The predicted molar refractivity (Wildman–Crippen MR) is 271 cm³/mol. The molecule has 0 bridgehead atoms. The summed E-state index contributed by atoms with van der Waals surface area (Å²) < 4.78 is 7.28. The number of pyridine rings is 1. The van der Waals surface area contributed by atoms with Crippen molar-refractivity contribution in [3.8, 4) is 17.1 Å². The average molecular weight is 833 g/mol. The molecule has 4 heterocycles. The normalized spacial score (nSPS) is 12.1. The van der Waals surface area contributed by atoms with Crippen LogP contribution in [0.25, 0.3) is 82.5 Å². The molecule has 0 amide bonds. The van der Waals surface area contributed by atoms with Gasteiger partial charge in [-0.3, -0.25) is 4.98 Å². The summed E-state index contributed by atoms with van der Waals surface area (Å²) in [6.45, 7) is 0. The minimum absolute atomic E-state index is 1.10. The second kappa shape index (κ2) is 14.4.